The maximum absolute atomic E-state index is 3.55. The van der Waals surface area contributed by atoms with Crippen LogP contribution in [0.3, 0.4) is 0 Å². The molecule has 0 heterocycles. The van der Waals surface area contributed by atoms with E-state index in [0.717, 1.165) is 12.8 Å². The van der Waals surface area contributed by atoms with Crippen molar-refractivity contribution in [1.29, 1.82) is 0 Å². The lowest BCUT2D eigenvalue weighted by Crippen LogP contribution is -1.67. The molecule has 0 amide bonds. The van der Waals surface area contributed by atoms with Crippen LogP contribution in [0.1, 0.15) is 12.8 Å². The van der Waals surface area contributed by atoms with Crippen molar-refractivity contribution < 1.29 is 0 Å². The highest BCUT2D eigenvalue weighted by Gasteiger charge is 1.85. The van der Waals surface area contributed by atoms with Crippen LogP contribution in [0.5, 0.6) is 0 Å². The lowest BCUT2D eigenvalue weighted by Gasteiger charge is -1.92. The highest BCUT2D eigenvalue weighted by Crippen LogP contribution is 2.11. The average molecular weight is 210 g/mol. The number of benzene rings is 2. The van der Waals surface area contributed by atoms with E-state index in [0.29, 0.717) is 0 Å². The summed E-state index contributed by atoms with van der Waals surface area (Å²) in [5, 5.41) is 2.62. The highest BCUT2D eigenvalue weighted by atomic mass is 13.9. The Morgan fingerprint density at radius 1 is 0.688 bits per heavy atom. The van der Waals surface area contributed by atoms with Crippen molar-refractivity contribution in [2.45, 2.75) is 12.8 Å². The van der Waals surface area contributed by atoms with E-state index in [-0.39, 0.29) is 0 Å². The van der Waals surface area contributed by atoms with Crippen LogP contribution in [0.2, 0.25) is 0 Å². The van der Waals surface area contributed by atoms with Gasteiger partial charge in [0.15, 0.2) is 0 Å². The zero-order valence-electron chi connectivity index (χ0n) is 9.60. The van der Waals surface area contributed by atoms with Crippen LogP contribution in [0, 0.1) is 0 Å². The Bertz CT molecular complexity index is 367. The van der Waals surface area contributed by atoms with Crippen LogP contribution >= 0.6 is 0 Å². The summed E-state index contributed by atoms with van der Waals surface area (Å²) in [4.78, 5) is 0. The molecule has 0 saturated heterocycles. The SMILES string of the molecule is C=CCCC=C.c1ccc2ccccc2c1. The number of rotatable bonds is 3. The third-order valence-corrected chi connectivity index (χ3v) is 2.23. The minimum Gasteiger partial charge on any atom is -0.103 e. The van der Waals surface area contributed by atoms with Gasteiger partial charge in [-0.05, 0) is 23.6 Å². The molecule has 0 N–H and O–H groups in total. The van der Waals surface area contributed by atoms with E-state index < -0.39 is 0 Å². The fourth-order valence-electron chi connectivity index (χ4n) is 1.37. The first-order chi connectivity index (χ1) is 7.88. The topological polar surface area (TPSA) is 0 Å². The molecule has 16 heavy (non-hydrogen) atoms. The second-order valence-electron chi connectivity index (χ2n) is 3.50. The number of unbranched alkanes of at least 4 members (excludes halogenated alkanes) is 1. The summed E-state index contributed by atoms with van der Waals surface area (Å²) in [6.07, 6.45) is 5.90. The van der Waals surface area contributed by atoms with Gasteiger partial charge in [-0.1, -0.05) is 60.7 Å². The number of fused-ring (bicyclic) bond motifs is 1. The first-order valence-corrected chi connectivity index (χ1v) is 5.54. The van der Waals surface area contributed by atoms with Crippen LogP contribution in [0.25, 0.3) is 10.8 Å². The molecule has 2 aromatic rings. The van der Waals surface area contributed by atoms with Gasteiger partial charge in [-0.15, -0.1) is 13.2 Å². The summed E-state index contributed by atoms with van der Waals surface area (Å²) in [5.74, 6) is 0. The fraction of sp³-hybridized carbons (Fsp3) is 0.125. The summed E-state index contributed by atoms with van der Waals surface area (Å²) >= 11 is 0. The predicted octanol–water partition coefficient (Wildman–Crippen LogP) is 4.98. The summed E-state index contributed by atoms with van der Waals surface area (Å²) in [7, 11) is 0. The zero-order chi connectivity index (χ0) is 11.6. The summed E-state index contributed by atoms with van der Waals surface area (Å²) < 4.78 is 0. The molecule has 0 bridgehead atoms. The molecule has 82 valence electrons. The number of allylic oxidation sites excluding steroid dienone is 2. The highest BCUT2D eigenvalue weighted by molar-refractivity contribution is 5.81. The Kier molecular flexibility index (Phi) is 5.72. The van der Waals surface area contributed by atoms with Crippen molar-refractivity contribution in [2.75, 3.05) is 0 Å². The monoisotopic (exact) mass is 210 g/mol. The lowest BCUT2D eigenvalue weighted by molar-refractivity contribution is 1.06. The molecule has 0 heteroatoms. The van der Waals surface area contributed by atoms with Crippen molar-refractivity contribution >= 4 is 10.8 Å². The minimum atomic E-state index is 1.06. The molecular weight excluding hydrogens is 192 g/mol. The van der Waals surface area contributed by atoms with Gasteiger partial charge in [-0.25, -0.2) is 0 Å². The normalized spacial score (nSPS) is 9.00. The Balaban J connectivity index is 0.000000187. The van der Waals surface area contributed by atoms with E-state index in [1.807, 2.05) is 12.2 Å². The van der Waals surface area contributed by atoms with Crippen LogP contribution in [-0.4, -0.2) is 0 Å². The van der Waals surface area contributed by atoms with Crippen LogP contribution in [-0.2, 0) is 0 Å². The first kappa shape index (κ1) is 12.3. The maximum Gasteiger partial charge on any atom is -0.0184 e. The predicted molar refractivity (Wildman–Crippen MR) is 73.6 cm³/mol. The molecule has 2 rings (SSSR count). The summed E-state index contributed by atoms with van der Waals surface area (Å²) in [5.41, 5.74) is 0. The molecule has 0 atom stereocenters. The standard InChI is InChI=1S/C10H8.C6H10/c1-2-6-10-8-4-3-7-9(10)5-1;1-3-5-6-4-2/h1-8H;3-4H,1-2,5-6H2. The molecule has 0 spiro atoms. The van der Waals surface area contributed by atoms with Crippen molar-refractivity contribution in [3.05, 3.63) is 73.8 Å². The van der Waals surface area contributed by atoms with Crippen LogP contribution < -0.4 is 0 Å². The lowest BCUT2D eigenvalue weighted by atomic mass is 10.1. The van der Waals surface area contributed by atoms with Gasteiger partial charge in [-0.2, -0.15) is 0 Å². The second-order valence-corrected chi connectivity index (χ2v) is 3.50. The smallest absolute Gasteiger partial charge is 0.0184 e. The second kappa shape index (κ2) is 7.47. The van der Waals surface area contributed by atoms with Crippen LogP contribution in [0.15, 0.2) is 73.8 Å². The van der Waals surface area contributed by atoms with Gasteiger partial charge >= 0.3 is 0 Å². The molecule has 0 aliphatic heterocycles. The van der Waals surface area contributed by atoms with Gasteiger partial charge < -0.3 is 0 Å². The molecule has 0 fully saturated rings. The van der Waals surface area contributed by atoms with Gasteiger partial charge in [0.1, 0.15) is 0 Å². The molecule has 0 saturated carbocycles. The molecule has 0 radical (unpaired) electrons. The van der Waals surface area contributed by atoms with E-state index in [9.17, 15) is 0 Å². The largest absolute Gasteiger partial charge is 0.103 e. The van der Waals surface area contributed by atoms with E-state index in [1.54, 1.807) is 0 Å². The van der Waals surface area contributed by atoms with Crippen LogP contribution in [0.4, 0.5) is 0 Å². The summed E-state index contributed by atoms with van der Waals surface area (Å²) in [6, 6.07) is 16.7. The Labute approximate surface area is 97.9 Å². The van der Waals surface area contributed by atoms with Crippen molar-refractivity contribution in [3.8, 4) is 0 Å². The average Bonchev–Trinajstić information content (AvgIpc) is 2.37. The van der Waals surface area contributed by atoms with E-state index >= 15 is 0 Å². The zero-order valence-corrected chi connectivity index (χ0v) is 9.60. The Hall–Kier alpha value is -1.82. The van der Waals surface area contributed by atoms with Gasteiger partial charge in [0.2, 0.25) is 0 Å². The van der Waals surface area contributed by atoms with Gasteiger partial charge in [0.25, 0.3) is 0 Å². The number of hydrogen-bond acceptors (Lipinski definition) is 0. The van der Waals surface area contributed by atoms with Gasteiger partial charge in [-0.3, -0.25) is 0 Å². The van der Waals surface area contributed by atoms with Gasteiger partial charge in [0.05, 0.1) is 0 Å². The molecule has 0 aliphatic rings. The Morgan fingerprint density at radius 2 is 1.00 bits per heavy atom. The van der Waals surface area contributed by atoms with E-state index in [1.165, 1.54) is 10.8 Å². The molecule has 0 aliphatic carbocycles. The van der Waals surface area contributed by atoms with Gasteiger partial charge in [0, 0.05) is 0 Å². The molecule has 2 aromatic carbocycles. The minimum absolute atomic E-state index is 1.06. The first-order valence-electron chi connectivity index (χ1n) is 5.54. The molecular formula is C16H18. The van der Waals surface area contributed by atoms with Crippen molar-refractivity contribution in [2.24, 2.45) is 0 Å². The molecule has 0 aromatic heterocycles. The maximum atomic E-state index is 3.55. The molecule has 0 unspecified atom stereocenters. The Morgan fingerprint density at radius 3 is 1.25 bits per heavy atom. The third-order valence-electron chi connectivity index (χ3n) is 2.23. The summed E-state index contributed by atoms with van der Waals surface area (Å²) in [6.45, 7) is 7.10. The van der Waals surface area contributed by atoms with Crippen molar-refractivity contribution in [1.82, 2.24) is 0 Å². The quantitative estimate of drug-likeness (QED) is 0.495. The van der Waals surface area contributed by atoms with E-state index in [4.69, 9.17) is 0 Å². The van der Waals surface area contributed by atoms with E-state index in [2.05, 4.69) is 61.7 Å². The fourth-order valence-corrected chi connectivity index (χ4v) is 1.37. The van der Waals surface area contributed by atoms with Crippen molar-refractivity contribution in [3.63, 3.8) is 0 Å². The number of hydrogen-bond donors (Lipinski definition) is 0. The molecule has 0 nitrogen and oxygen atoms in total. The third kappa shape index (κ3) is 4.14.